The maximum atomic E-state index is 10.7. The van der Waals surface area contributed by atoms with E-state index in [1.807, 2.05) is 6.92 Å². The smallest absolute Gasteiger partial charge is 0.269 e. The van der Waals surface area contributed by atoms with Crippen LogP contribution in [0.25, 0.3) is 0 Å². The molecule has 0 heterocycles. The van der Waals surface area contributed by atoms with Gasteiger partial charge >= 0.3 is 0 Å². The number of anilines is 2. The first-order chi connectivity index (χ1) is 11.8. The van der Waals surface area contributed by atoms with Crippen LogP contribution in [0, 0.1) is 20.2 Å². The maximum absolute atomic E-state index is 10.7. The summed E-state index contributed by atoms with van der Waals surface area (Å²) < 4.78 is 0. The zero-order valence-electron chi connectivity index (χ0n) is 13.6. The van der Waals surface area contributed by atoms with Crippen molar-refractivity contribution in [1.82, 2.24) is 0 Å². The van der Waals surface area contributed by atoms with Gasteiger partial charge in [-0.15, -0.1) is 0 Å². The first kappa shape index (κ1) is 18.1. The molecule has 9 nitrogen and oxygen atoms in total. The Hall–Kier alpha value is -3.20. The predicted octanol–water partition coefficient (Wildman–Crippen LogP) is 2.74. The molecule has 4 N–H and O–H groups in total. The van der Waals surface area contributed by atoms with Crippen molar-refractivity contribution in [2.45, 2.75) is 12.5 Å². The van der Waals surface area contributed by atoms with E-state index < -0.39 is 15.4 Å². The predicted molar refractivity (Wildman–Crippen MR) is 95.8 cm³/mol. The van der Waals surface area contributed by atoms with Crippen LogP contribution >= 0.6 is 0 Å². The molecule has 0 aliphatic carbocycles. The molecule has 0 spiro atoms. The summed E-state index contributed by atoms with van der Waals surface area (Å²) in [7, 11) is 0. The Kier molecular flexibility index (Phi) is 5.50. The molecule has 2 rings (SSSR count). The molecular weight excluding hydrogens is 326 g/mol. The quantitative estimate of drug-likeness (QED) is 0.494. The molecule has 25 heavy (non-hydrogen) atoms. The molecule has 1 unspecified atom stereocenters. The second-order valence-electron chi connectivity index (χ2n) is 5.85. The number of nitrogens with zero attached hydrogens (tertiary/aromatic N) is 2. The molecule has 9 heteroatoms. The molecule has 0 amide bonds. The van der Waals surface area contributed by atoms with Crippen LogP contribution in [0.2, 0.25) is 0 Å². The fraction of sp³-hybridized carbons (Fsp3) is 0.250. The van der Waals surface area contributed by atoms with E-state index >= 15 is 0 Å². The molecule has 2 aromatic carbocycles. The Morgan fingerprint density at radius 1 is 0.920 bits per heavy atom. The number of nitrogens with two attached hydrogens (primary N) is 1. The molecule has 0 radical (unpaired) electrons. The largest absolute Gasteiger partial charge is 0.383 e. The van der Waals surface area contributed by atoms with Crippen molar-refractivity contribution >= 4 is 22.7 Å². The second kappa shape index (κ2) is 7.58. The van der Waals surface area contributed by atoms with E-state index in [1.54, 1.807) is 24.3 Å². The summed E-state index contributed by atoms with van der Waals surface area (Å²) in [6.45, 7) is 2.68. The fourth-order valence-electron chi connectivity index (χ4n) is 2.18. The highest BCUT2D eigenvalue weighted by Crippen LogP contribution is 2.20. The lowest BCUT2D eigenvalue weighted by molar-refractivity contribution is -0.385. The van der Waals surface area contributed by atoms with Gasteiger partial charge in [0, 0.05) is 48.7 Å². The van der Waals surface area contributed by atoms with Gasteiger partial charge in [-0.25, -0.2) is 0 Å². The van der Waals surface area contributed by atoms with Gasteiger partial charge < -0.3 is 16.4 Å². The summed E-state index contributed by atoms with van der Waals surface area (Å²) >= 11 is 0. The van der Waals surface area contributed by atoms with E-state index in [0.29, 0.717) is 18.8 Å². The zero-order chi connectivity index (χ0) is 18.4. The molecule has 0 aliphatic rings. The number of non-ortho nitro benzene ring substituents is 2. The summed E-state index contributed by atoms with van der Waals surface area (Å²) in [4.78, 5) is 20.4. The molecule has 0 bridgehead atoms. The highest BCUT2D eigenvalue weighted by molar-refractivity contribution is 5.52. The SMILES string of the molecule is CC(CN)(CNc1ccc([N+](=O)[O-])cc1)Nc1ccc([N+](=O)[O-])cc1. The average Bonchev–Trinajstić information content (AvgIpc) is 2.61. The second-order valence-corrected chi connectivity index (χ2v) is 5.85. The highest BCUT2D eigenvalue weighted by atomic mass is 16.6. The van der Waals surface area contributed by atoms with Crippen LogP contribution in [0.5, 0.6) is 0 Å². The molecule has 0 saturated heterocycles. The highest BCUT2D eigenvalue weighted by Gasteiger charge is 2.22. The van der Waals surface area contributed by atoms with E-state index in [0.717, 1.165) is 5.69 Å². The Bertz CT molecular complexity index is 748. The third-order valence-electron chi connectivity index (χ3n) is 3.74. The number of hydrogen-bond donors (Lipinski definition) is 3. The Labute approximate surface area is 144 Å². The van der Waals surface area contributed by atoms with Crippen molar-refractivity contribution < 1.29 is 9.85 Å². The van der Waals surface area contributed by atoms with Crippen LogP contribution in [0.4, 0.5) is 22.7 Å². The van der Waals surface area contributed by atoms with Crippen molar-refractivity contribution in [3.8, 4) is 0 Å². The monoisotopic (exact) mass is 345 g/mol. The van der Waals surface area contributed by atoms with Crippen LogP contribution in [0.3, 0.4) is 0 Å². The summed E-state index contributed by atoms with van der Waals surface area (Å²) in [5.41, 5.74) is 6.83. The number of nitrogens with one attached hydrogen (secondary N) is 2. The number of hydrogen-bond acceptors (Lipinski definition) is 7. The standard InChI is InChI=1S/C16H19N5O4/c1-16(10-17,19-13-4-8-15(9-5-13)21(24)25)11-18-12-2-6-14(7-3-12)20(22)23/h2-9,18-19H,10-11,17H2,1H3. The maximum Gasteiger partial charge on any atom is 0.269 e. The van der Waals surface area contributed by atoms with Crippen molar-refractivity contribution in [3.05, 3.63) is 68.8 Å². The van der Waals surface area contributed by atoms with Gasteiger partial charge in [0.1, 0.15) is 0 Å². The molecule has 132 valence electrons. The third-order valence-corrected chi connectivity index (χ3v) is 3.74. The van der Waals surface area contributed by atoms with Gasteiger partial charge in [-0.1, -0.05) is 0 Å². The molecule has 0 aliphatic heterocycles. The molecule has 0 aromatic heterocycles. The first-order valence-electron chi connectivity index (χ1n) is 7.54. The summed E-state index contributed by atoms with van der Waals surface area (Å²) in [5.74, 6) is 0. The minimum absolute atomic E-state index is 0.0176. The summed E-state index contributed by atoms with van der Waals surface area (Å²) in [6, 6.07) is 12.2. The molecule has 0 fully saturated rings. The number of nitro groups is 2. The van der Waals surface area contributed by atoms with Gasteiger partial charge in [-0.3, -0.25) is 20.2 Å². The van der Waals surface area contributed by atoms with Crippen LogP contribution in [0.15, 0.2) is 48.5 Å². The lowest BCUT2D eigenvalue weighted by atomic mass is 10.0. The van der Waals surface area contributed by atoms with Crippen molar-refractivity contribution in [2.24, 2.45) is 5.73 Å². The molecule has 1 atom stereocenters. The van der Waals surface area contributed by atoms with Crippen molar-refractivity contribution in [3.63, 3.8) is 0 Å². The Morgan fingerprint density at radius 2 is 1.36 bits per heavy atom. The van der Waals surface area contributed by atoms with Gasteiger partial charge in [0.25, 0.3) is 11.4 Å². The van der Waals surface area contributed by atoms with E-state index in [1.165, 1.54) is 24.3 Å². The number of nitro benzene ring substituents is 2. The van der Waals surface area contributed by atoms with Gasteiger partial charge in [0.2, 0.25) is 0 Å². The van der Waals surface area contributed by atoms with Crippen LogP contribution in [0.1, 0.15) is 6.92 Å². The van der Waals surface area contributed by atoms with Gasteiger partial charge in [0.05, 0.1) is 15.4 Å². The Balaban J connectivity index is 2.01. The third kappa shape index (κ3) is 4.88. The van der Waals surface area contributed by atoms with Crippen LogP contribution in [-0.4, -0.2) is 28.5 Å². The van der Waals surface area contributed by atoms with Gasteiger partial charge in [-0.05, 0) is 31.2 Å². The molecular formula is C16H19N5O4. The lowest BCUT2D eigenvalue weighted by Gasteiger charge is -2.31. The van der Waals surface area contributed by atoms with Crippen LogP contribution < -0.4 is 16.4 Å². The summed E-state index contributed by atoms with van der Waals surface area (Å²) in [5, 5.41) is 27.8. The number of rotatable bonds is 8. The van der Waals surface area contributed by atoms with E-state index in [9.17, 15) is 20.2 Å². The minimum Gasteiger partial charge on any atom is -0.383 e. The minimum atomic E-state index is -0.516. The van der Waals surface area contributed by atoms with E-state index in [-0.39, 0.29) is 11.4 Å². The topological polar surface area (TPSA) is 136 Å². The van der Waals surface area contributed by atoms with E-state index in [2.05, 4.69) is 10.6 Å². The fourth-order valence-corrected chi connectivity index (χ4v) is 2.18. The van der Waals surface area contributed by atoms with Crippen molar-refractivity contribution in [1.29, 1.82) is 0 Å². The normalized spacial score (nSPS) is 12.9. The van der Waals surface area contributed by atoms with Crippen LogP contribution in [-0.2, 0) is 0 Å². The first-order valence-corrected chi connectivity index (χ1v) is 7.54. The Morgan fingerprint density at radius 3 is 1.76 bits per heavy atom. The van der Waals surface area contributed by atoms with Gasteiger partial charge in [0.15, 0.2) is 0 Å². The van der Waals surface area contributed by atoms with E-state index in [4.69, 9.17) is 5.73 Å². The summed E-state index contributed by atoms with van der Waals surface area (Å²) in [6.07, 6.45) is 0. The van der Waals surface area contributed by atoms with Crippen molar-refractivity contribution in [2.75, 3.05) is 23.7 Å². The lowest BCUT2D eigenvalue weighted by Crippen LogP contribution is -2.48. The molecule has 2 aromatic rings. The van der Waals surface area contributed by atoms with Gasteiger partial charge in [-0.2, -0.15) is 0 Å². The molecule has 0 saturated carbocycles. The average molecular weight is 345 g/mol. The number of benzene rings is 2. The zero-order valence-corrected chi connectivity index (χ0v) is 13.6.